The SMILES string of the molecule is Cc1ccc(C(=O)N2CCn3c(-c4cccs4)cnc3C2)o1. The Kier molecular flexibility index (Phi) is 3.11. The van der Waals surface area contributed by atoms with Crippen molar-refractivity contribution < 1.29 is 9.21 Å². The maximum absolute atomic E-state index is 12.5. The molecule has 1 aliphatic rings. The van der Waals surface area contributed by atoms with Crippen LogP contribution in [0.15, 0.2) is 40.3 Å². The van der Waals surface area contributed by atoms with Crippen LogP contribution in [-0.2, 0) is 13.1 Å². The first-order chi connectivity index (χ1) is 10.7. The number of aromatic nitrogens is 2. The van der Waals surface area contributed by atoms with Gasteiger partial charge in [-0.25, -0.2) is 4.98 Å². The summed E-state index contributed by atoms with van der Waals surface area (Å²) >= 11 is 1.70. The zero-order chi connectivity index (χ0) is 15.1. The van der Waals surface area contributed by atoms with Gasteiger partial charge < -0.3 is 13.9 Å². The maximum Gasteiger partial charge on any atom is 0.290 e. The second-order valence-electron chi connectivity index (χ2n) is 5.33. The first-order valence-corrected chi connectivity index (χ1v) is 8.04. The Balaban J connectivity index is 1.59. The highest BCUT2D eigenvalue weighted by Crippen LogP contribution is 2.28. The van der Waals surface area contributed by atoms with Crippen LogP contribution in [-0.4, -0.2) is 26.9 Å². The van der Waals surface area contributed by atoms with Gasteiger partial charge in [-0.2, -0.15) is 0 Å². The van der Waals surface area contributed by atoms with Crippen LogP contribution in [0.5, 0.6) is 0 Å². The number of hydrogen-bond acceptors (Lipinski definition) is 4. The summed E-state index contributed by atoms with van der Waals surface area (Å²) in [6, 6.07) is 7.68. The summed E-state index contributed by atoms with van der Waals surface area (Å²) in [4.78, 5) is 19.9. The predicted octanol–water partition coefficient (Wildman–Crippen LogP) is 3.17. The van der Waals surface area contributed by atoms with E-state index in [0.717, 1.165) is 23.8 Å². The highest BCUT2D eigenvalue weighted by Gasteiger charge is 2.26. The number of rotatable bonds is 2. The standard InChI is InChI=1S/C16H15N3O2S/c1-11-4-5-13(21-11)16(20)18-6-7-19-12(9-17-15(19)10-18)14-3-2-8-22-14/h2-5,8-9H,6-7,10H2,1H3. The summed E-state index contributed by atoms with van der Waals surface area (Å²) in [5.41, 5.74) is 1.13. The van der Waals surface area contributed by atoms with Crippen molar-refractivity contribution >= 4 is 17.2 Å². The van der Waals surface area contributed by atoms with E-state index in [-0.39, 0.29) is 5.91 Å². The van der Waals surface area contributed by atoms with E-state index < -0.39 is 0 Å². The molecule has 22 heavy (non-hydrogen) atoms. The largest absolute Gasteiger partial charge is 0.456 e. The van der Waals surface area contributed by atoms with Crippen molar-refractivity contribution in [2.24, 2.45) is 0 Å². The van der Waals surface area contributed by atoms with Crippen molar-refractivity contribution in [1.29, 1.82) is 0 Å². The van der Waals surface area contributed by atoms with E-state index in [2.05, 4.69) is 21.0 Å². The van der Waals surface area contributed by atoms with Gasteiger partial charge in [-0.1, -0.05) is 6.07 Å². The van der Waals surface area contributed by atoms with Gasteiger partial charge in [0.1, 0.15) is 11.6 Å². The van der Waals surface area contributed by atoms with E-state index in [1.165, 1.54) is 4.88 Å². The predicted molar refractivity (Wildman–Crippen MR) is 83.7 cm³/mol. The molecule has 6 heteroatoms. The van der Waals surface area contributed by atoms with E-state index in [9.17, 15) is 4.79 Å². The molecule has 0 aromatic carbocycles. The van der Waals surface area contributed by atoms with Crippen LogP contribution in [0.25, 0.3) is 10.6 Å². The van der Waals surface area contributed by atoms with Gasteiger partial charge >= 0.3 is 0 Å². The first-order valence-electron chi connectivity index (χ1n) is 7.16. The van der Waals surface area contributed by atoms with Gasteiger partial charge in [-0.3, -0.25) is 4.79 Å². The van der Waals surface area contributed by atoms with Gasteiger partial charge in [0, 0.05) is 13.1 Å². The van der Waals surface area contributed by atoms with Crippen molar-refractivity contribution in [3.8, 4) is 10.6 Å². The Labute approximate surface area is 131 Å². The van der Waals surface area contributed by atoms with E-state index >= 15 is 0 Å². The van der Waals surface area contributed by atoms with Gasteiger partial charge in [0.15, 0.2) is 5.76 Å². The van der Waals surface area contributed by atoms with Crippen LogP contribution in [0.3, 0.4) is 0 Å². The highest BCUT2D eigenvalue weighted by atomic mass is 32.1. The number of carbonyl (C=O) groups is 1. The second kappa shape index (κ2) is 5.14. The molecule has 0 N–H and O–H groups in total. The molecule has 0 saturated carbocycles. The molecule has 5 nitrogen and oxygen atoms in total. The number of hydrogen-bond donors (Lipinski definition) is 0. The van der Waals surface area contributed by atoms with Gasteiger partial charge in [-0.05, 0) is 30.5 Å². The van der Waals surface area contributed by atoms with Crippen molar-refractivity contribution in [3.05, 3.63) is 53.2 Å². The molecule has 0 fully saturated rings. The third kappa shape index (κ3) is 2.16. The number of thiophene rings is 1. The van der Waals surface area contributed by atoms with Crippen LogP contribution in [0.2, 0.25) is 0 Å². The van der Waals surface area contributed by atoms with Gasteiger partial charge in [0.05, 0.1) is 23.3 Å². The summed E-state index contributed by atoms with van der Waals surface area (Å²) in [6.07, 6.45) is 1.90. The minimum absolute atomic E-state index is 0.0694. The summed E-state index contributed by atoms with van der Waals surface area (Å²) < 4.78 is 7.63. The van der Waals surface area contributed by atoms with Gasteiger partial charge in [0.25, 0.3) is 5.91 Å². The molecule has 0 unspecified atom stereocenters. The molecule has 0 spiro atoms. The number of fused-ring (bicyclic) bond motifs is 1. The number of carbonyl (C=O) groups excluding carboxylic acids is 1. The molecule has 1 aliphatic heterocycles. The van der Waals surface area contributed by atoms with E-state index in [1.807, 2.05) is 25.3 Å². The molecule has 4 rings (SSSR count). The molecule has 0 radical (unpaired) electrons. The third-order valence-corrected chi connectivity index (χ3v) is 4.77. The lowest BCUT2D eigenvalue weighted by Crippen LogP contribution is -2.38. The molecule has 1 amide bonds. The Morgan fingerprint density at radius 2 is 2.23 bits per heavy atom. The summed E-state index contributed by atoms with van der Waals surface area (Å²) in [5, 5.41) is 2.06. The molecule has 0 atom stereocenters. The fourth-order valence-electron chi connectivity index (χ4n) is 2.76. The Morgan fingerprint density at radius 3 is 2.95 bits per heavy atom. The average Bonchev–Trinajstić information content (AvgIpc) is 3.25. The highest BCUT2D eigenvalue weighted by molar-refractivity contribution is 7.13. The fourth-order valence-corrected chi connectivity index (χ4v) is 3.50. The van der Waals surface area contributed by atoms with Crippen molar-refractivity contribution in [2.45, 2.75) is 20.0 Å². The zero-order valence-corrected chi connectivity index (χ0v) is 13.0. The van der Waals surface area contributed by atoms with Crippen LogP contribution < -0.4 is 0 Å². The molecule has 0 saturated heterocycles. The number of nitrogens with zero attached hydrogens (tertiary/aromatic N) is 3. The van der Waals surface area contributed by atoms with E-state index in [1.54, 1.807) is 22.3 Å². The molecule has 0 aliphatic carbocycles. The Hall–Kier alpha value is -2.34. The van der Waals surface area contributed by atoms with Crippen molar-refractivity contribution in [3.63, 3.8) is 0 Å². The third-order valence-electron chi connectivity index (χ3n) is 3.88. The van der Waals surface area contributed by atoms with Crippen molar-refractivity contribution in [1.82, 2.24) is 14.5 Å². The lowest BCUT2D eigenvalue weighted by molar-refractivity contribution is 0.0674. The molecule has 112 valence electrons. The Morgan fingerprint density at radius 1 is 1.32 bits per heavy atom. The van der Waals surface area contributed by atoms with E-state index in [4.69, 9.17) is 4.42 Å². The molecular formula is C16H15N3O2S. The molecule has 3 aromatic rings. The van der Waals surface area contributed by atoms with Crippen LogP contribution in [0.1, 0.15) is 22.1 Å². The number of furan rings is 1. The number of amides is 1. The lowest BCUT2D eigenvalue weighted by atomic mass is 10.3. The normalized spacial score (nSPS) is 14.1. The summed E-state index contributed by atoms with van der Waals surface area (Å²) in [6.45, 7) is 3.78. The molecular weight excluding hydrogens is 298 g/mol. The van der Waals surface area contributed by atoms with E-state index in [0.29, 0.717) is 18.8 Å². The second-order valence-corrected chi connectivity index (χ2v) is 6.27. The summed E-state index contributed by atoms with van der Waals surface area (Å²) in [7, 11) is 0. The topological polar surface area (TPSA) is 51.3 Å². The number of imidazole rings is 1. The van der Waals surface area contributed by atoms with Crippen LogP contribution in [0, 0.1) is 6.92 Å². The monoisotopic (exact) mass is 313 g/mol. The van der Waals surface area contributed by atoms with Crippen molar-refractivity contribution in [2.75, 3.05) is 6.54 Å². The quantitative estimate of drug-likeness (QED) is 0.730. The molecule has 3 aromatic heterocycles. The summed E-state index contributed by atoms with van der Waals surface area (Å²) in [5.74, 6) is 2.00. The van der Waals surface area contributed by atoms with Gasteiger partial charge in [0.2, 0.25) is 0 Å². The molecule has 4 heterocycles. The smallest absolute Gasteiger partial charge is 0.290 e. The van der Waals surface area contributed by atoms with Crippen LogP contribution >= 0.6 is 11.3 Å². The van der Waals surface area contributed by atoms with Crippen LogP contribution in [0.4, 0.5) is 0 Å². The Bertz CT molecular complexity index is 816. The van der Waals surface area contributed by atoms with Gasteiger partial charge in [-0.15, -0.1) is 11.3 Å². The molecule has 0 bridgehead atoms. The number of aryl methyl sites for hydroxylation is 1. The lowest BCUT2D eigenvalue weighted by Gasteiger charge is -2.27. The minimum Gasteiger partial charge on any atom is -0.456 e. The maximum atomic E-state index is 12.5. The fraction of sp³-hybridized carbons (Fsp3) is 0.250. The minimum atomic E-state index is -0.0694. The zero-order valence-electron chi connectivity index (χ0n) is 12.2. The average molecular weight is 313 g/mol. The first kappa shape index (κ1) is 13.3.